The van der Waals surface area contributed by atoms with Gasteiger partial charge in [0.25, 0.3) is 0 Å². The van der Waals surface area contributed by atoms with Crippen LogP contribution in [0.15, 0.2) is 41.0 Å². The Morgan fingerprint density at radius 1 is 1.17 bits per heavy atom. The van der Waals surface area contributed by atoms with Crippen LogP contribution < -0.4 is 5.73 Å². The second-order valence-corrected chi connectivity index (χ2v) is 4.49. The van der Waals surface area contributed by atoms with Gasteiger partial charge < -0.3 is 5.73 Å². The van der Waals surface area contributed by atoms with Crippen LogP contribution in [0.25, 0.3) is 11.1 Å². The molecule has 0 atom stereocenters. The van der Waals surface area contributed by atoms with Crippen LogP contribution in [0.4, 0.5) is 19.0 Å². The summed E-state index contributed by atoms with van der Waals surface area (Å²) in [5, 5.41) is 0. The van der Waals surface area contributed by atoms with E-state index in [4.69, 9.17) is 5.73 Å². The molecule has 0 saturated heterocycles. The van der Waals surface area contributed by atoms with E-state index >= 15 is 0 Å². The van der Waals surface area contributed by atoms with Gasteiger partial charge >= 0.3 is 6.18 Å². The minimum absolute atomic E-state index is 0.0817. The Bertz CT molecular complexity index is 582. The lowest BCUT2D eigenvalue weighted by Crippen LogP contribution is -2.07. The first-order chi connectivity index (χ1) is 8.39. The third-order valence-electron chi connectivity index (χ3n) is 2.41. The number of nitrogen functional groups attached to an aromatic ring is 1. The number of benzene rings is 1. The van der Waals surface area contributed by atoms with Crippen LogP contribution in [-0.2, 0) is 6.18 Å². The molecule has 94 valence electrons. The van der Waals surface area contributed by atoms with Gasteiger partial charge in [-0.05, 0) is 33.6 Å². The third kappa shape index (κ3) is 2.48. The van der Waals surface area contributed by atoms with Crippen molar-refractivity contribution in [3.8, 4) is 11.1 Å². The Kier molecular flexibility index (Phi) is 3.30. The van der Waals surface area contributed by atoms with Crippen molar-refractivity contribution in [2.75, 3.05) is 5.73 Å². The smallest absolute Gasteiger partial charge is 0.383 e. The third-order valence-corrected chi connectivity index (χ3v) is 3.05. The molecular formula is C12H8BrF3N2. The molecule has 0 saturated carbocycles. The summed E-state index contributed by atoms with van der Waals surface area (Å²) in [4.78, 5) is 3.84. The maximum absolute atomic E-state index is 12.9. The first-order valence-electron chi connectivity index (χ1n) is 4.97. The zero-order valence-corrected chi connectivity index (χ0v) is 10.6. The molecule has 18 heavy (non-hydrogen) atoms. The van der Waals surface area contributed by atoms with Gasteiger partial charge in [-0.15, -0.1) is 0 Å². The standard InChI is InChI=1S/C12H8BrF3N2/c13-10-5-7(6-18-11(10)17)8-3-1-2-4-9(8)12(14,15)16/h1-6H,(H2,17,18). The zero-order chi connectivity index (χ0) is 13.3. The van der Waals surface area contributed by atoms with E-state index in [0.717, 1.165) is 6.07 Å². The Balaban J connectivity index is 2.61. The van der Waals surface area contributed by atoms with Gasteiger partial charge in [-0.1, -0.05) is 18.2 Å². The van der Waals surface area contributed by atoms with E-state index in [1.54, 1.807) is 6.07 Å². The largest absolute Gasteiger partial charge is 0.417 e. The second kappa shape index (κ2) is 4.61. The molecule has 2 N–H and O–H groups in total. The van der Waals surface area contributed by atoms with Crippen molar-refractivity contribution in [1.29, 1.82) is 0 Å². The van der Waals surface area contributed by atoms with Crippen molar-refractivity contribution in [1.82, 2.24) is 4.98 Å². The number of rotatable bonds is 1. The second-order valence-electron chi connectivity index (χ2n) is 3.63. The van der Waals surface area contributed by atoms with Gasteiger partial charge in [-0.3, -0.25) is 0 Å². The maximum Gasteiger partial charge on any atom is 0.417 e. The van der Waals surface area contributed by atoms with Crippen molar-refractivity contribution in [3.05, 3.63) is 46.6 Å². The highest BCUT2D eigenvalue weighted by atomic mass is 79.9. The Labute approximate surface area is 110 Å². The van der Waals surface area contributed by atoms with E-state index in [1.165, 1.54) is 24.4 Å². The van der Waals surface area contributed by atoms with Crippen LogP contribution in [0.2, 0.25) is 0 Å². The van der Waals surface area contributed by atoms with Crippen LogP contribution >= 0.6 is 15.9 Å². The van der Waals surface area contributed by atoms with Crippen molar-refractivity contribution in [3.63, 3.8) is 0 Å². The number of halogens is 4. The molecule has 0 aliphatic heterocycles. The summed E-state index contributed by atoms with van der Waals surface area (Å²) in [6.07, 6.45) is -3.07. The SMILES string of the molecule is Nc1ncc(-c2ccccc2C(F)(F)F)cc1Br. The van der Waals surface area contributed by atoms with Gasteiger partial charge in [0, 0.05) is 11.8 Å². The number of nitrogens with zero attached hydrogens (tertiary/aromatic N) is 1. The fourth-order valence-corrected chi connectivity index (χ4v) is 1.93. The summed E-state index contributed by atoms with van der Waals surface area (Å²) in [7, 11) is 0. The average Bonchev–Trinajstić information content (AvgIpc) is 2.32. The maximum atomic E-state index is 12.9. The van der Waals surface area contributed by atoms with Crippen molar-refractivity contribution >= 4 is 21.7 Å². The molecule has 1 aromatic heterocycles. The Hall–Kier alpha value is -1.56. The highest BCUT2D eigenvalue weighted by molar-refractivity contribution is 9.10. The summed E-state index contributed by atoms with van der Waals surface area (Å²) >= 11 is 3.15. The Morgan fingerprint density at radius 3 is 2.44 bits per heavy atom. The molecule has 1 heterocycles. The molecule has 0 aliphatic carbocycles. The molecule has 0 bridgehead atoms. The molecule has 0 spiro atoms. The number of aromatic nitrogens is 1. The molecule has 1 aromatic carbocycles. The number of hydrogen-bond acceptors (Lipinski definition) is 2. The summed E-state index contributed by atoms with van der Waals surface area (Å²) in [5.74, 6) is 0.239. The van der Waals surface area contributed by atoms with E-state index < -0.39 is 11.7 Å². The van der Waals surface area contributed by atoms with Crippen LogP contribution in [0.1, 0.15) is 5.56 Å². The fraction of sp³-hybridized carbons (Fsp3) is 0.0833. The lowest BCUT2D eigenvalue weighted by Gasteiger charge is -2.12. The minimum Gasteiger partial charge on any atom is -0.383 e. The van der Waals surface area contributed by atoms with E-state index in [2.05, 4.69) is 20.9 Å². The van der Waals surface area contributed by atoms with E-state index in [1.807, 2.05) is 0 Å². The van der Waals surface area contributed by atoms with Crippen LogP contribution in [-0.4, -0.2) is 4.98 Å². The zero-order valence-electron chi connectivity index (χ0n) is 9.00. The van der Waals surface area contributed by atoms with Crippen molar-refractivity contribution < 1.29 is 13.2 Å². The Morgan fingerprint density at radius 2 is 1.83 bits per heavy atom. The van der Waals surface area contributed by atoms with Gasteiger partial charge in [0.2, 0.25) is 0 Å². The highest BCUT2D eigenvalue weighted by Crippen LogP contribution is 2.37. The van der Waals surface area contributed by atoms with Crippen LogP contribution in [0.5, 0.6) is 0 Å². The highest BCUT2D eigenvalue weighted by Gasteiger charge is 2.33. The number of nitrogens with two attached hydrogens (primary N) is 1. The predicted octanol–water partition coefficient (Wildman–Crippen LogP) is 4.11. The van der Waals surface area contributed by atoms with Crippen molar-refractivity contribution in [2.45, 2.75) is 6.18 Å². The molecule has 2 rings (SSSR count). The van der Waals surface area contributed by atoms with Crippen molar-refractivity contribution in [2.24, 2.45) is 0 Å². The van der Waals surface area contributed by atoms with Gasteiger partial charge in [0.05, 0.1) is 10.0 Å². The van der Waals surface area contributed by atoms with Gasteiger partial charge in [-0.25, -0.2) is 4.98 Å². The number of anilines is 1. The molecule has 0 aliphatic rings. The summed E-state index contributed by atoms with van der Waals surface area (Å²) in [6.45, 7) is 0. The fourth-order valence-electron chi connectivity index (χ4n) is 1.58. The predicted molar refractivity (Wildman–Crippen MR) is 66.8 cm³/mol. The van der Waals surface area contributed by atoms with Gasteiger partial charge in [-0.2, -0.15) is 13.2 Å². The summed E-state index contributed by atoms with van der Waals surface area (Å²) in [6, 6.07) is 6.87. The molecule has 2 nitrogen and oxygen atoms in total. The quantitative estimate of drug-likeness (QED) is 0.859. The van der Waals surface area contributed by atoms with E-state index in [9.17, 15) is 13.2 Å². The van der Waals surface area contributed by atoms with E-state index in [0.29, 0.717) is 10.0 Å². The van der Waals surface area contributed by atoms with E-state index in [-0.39, 0.29) is 11.4 Å². The molecule has 2 aromatic rings. The lowest BCUT2D eigenvalue weighted by atomic mass is 10.0. The number of hydrogen-bond donors (Lipinski definition) is 1. The first kappa shape index (κ1) is 12.9. The monoisotopic (exact) mass is 316 g/mol. The molecule has 6 heteroatoms. The van der Waals surface area contributed by atoms with Crippen LogP contribution in [0, 0.1) is 0 Å². The molecule has 0 fully saturated rings. The lowest BCUT2D eigenvalue weighted by molar-refractivity contribution is -0.137. The molecule has 0 amide bonds. The normalized spacial score (nSPS) is 11.6. The molecular weight excluding hydrogens is 309 g/mol. The van der Waals surface area contributed by atoms with Gasteiger partial charge in [0.1, 0.15) is 5.82 Å². The molecule has 0 unspecified atom stereocenters. The topological polar surface area (TPSA) is 38.9 Å². The summed E-state index contributed by atoms with van der Waals surface area (Å²) < 4.78 is 39.0. The summed E-state index contributed by atoms with van der Waals surface area (Å²) in [5.41, 5.74) is 5.27. The van der Waals surface area contributed by atoms with Gasteiger partial charge in [0.15, 0.2) is 0 Å². The first-order valence-corrected chi connectivity index (χ1v) is 5.76. The van der Waals surface area contributed by atoms with Crippen LogP contribution in [0.3, 0.4) is 0 Å². The average molecular weight is 317 g/mol. The molecule has 0 radical (unpaired) electrons. The minimum atomic E-state index is -4.40. The number of alkyl halides is 3. The number of pyridine rings is 1.